The van der Waals surface area contributed by atoms with Crippen molar-refractivity contribution in [3.63, 3.8) is 0 Å². The second-order valence-electron chi connectivity index (χ2n) is 7.83. The number of amides is 2. The molecule has 0 aliphatic rings. The summed E-state index contributed by atoms with van der Waals surface area (Å²) in [6.45, 7) is 1.84. The molecule has 4 rings (SSSR count). The van der Waals surface area contributed by atoms with E-state index in [2.05, 4.69) is 15.6 Å². The molecule has 0 aliphatic carbocycles. The molecule has 0 spiro atoms. The second kappa shape index (κ2) is 10.4. The summed E-state index contributed by atoms with van der Waals surface area (Å²) in [6, 6.07) is 21.7. The number of nitrogens with zero attached hydrogens (tertiary/aromatic N) is 1. The van der Waals surface area contributed by atoms with Crippen molar-refractivity contribution in [2.24, 2.45) is 0 Å². The highest BCUT2D eigenvalue weighted by molar-refractivity contribution is 6.10. The van der Waals surface area contributed by atoms with Gasteiger partial charge in [0.25, 0.3) is 5.91 Å². The monoisotopic (exact) mass is 465 g/mol. The summed E-state index contributed by atoms with van der Waals surface area (Å²) in [4.78, 5) is 41.8. The standard InChI is InChI=1S/C28H23N3O4/c1-18(20-10-9-19-6-3-4-7-21(19)15-20)14-26(32)31-25-16-22(11-12-24(25)28(34)35-2)27(33)30-23-8-5-13-29-17-23/h3-17H,1-2H3,(H,30,33)(H,31,32)/b18-14-. The van der Waals surface area contributed by atoms with Gasteiger partial charge in [0.05, 0.1) is 30.2 Å². The minimum atomic E-state index is -0.630. The molecule has 0 aliphatic heterocycles. The number of hydrogen-bond donors (Lipinski definition) is 2. The van der Waals surface area contributed by atoms with E-state index in [1.807, 2.05) is 49.4 Å². The number of rotatable bonds is 6. The highest BCUT2D eigenvalue weighted by atomic mass is 16.5. The first kappa shape index (κ1) is 23.4. The molecule has 2 amide bonds. The highest BCUT2D eigenvalue weighted by Gasteiger charge is 2.17. The maximum Gasteiger partial charge on any atom is 0.339 e. The summed E-state index contributed by atoms with van der Waals surface area (Å²) >= 11 is 0. The highest BCUT2D eigenvalue weighted by Crippen LogP contribution is 2.23. The lowest BCUT2D eigenvalue weighted by Gasteiger charge is -2.12. The van der Waals surface area contributed by atoms with E-state index in [1.165, 1.54) is 37.6 Å². The smallest absolute Gasteiger partial charge is 0.339 e. The summed E-state index contributed by atoms with van der Waals surface area (Å²) in [7, 11) is 1.25. The summed E-state index contributed by atoms with van der Waals surface area (Å²) in [6.07, 6.45) is 4.57. The van der Waals surface area contributed by atoms with Crippen LogP contribution in [0.15, 0.2) is 91.3 Å². The topological polar surface area (TPSA) is 97.4 Å². The molecule has 3 aromatic carbocycles. The number of carbonyl (C=O) groups is 3. The minimum Gasteiger partial charge on any atom is -0.465 e. The summed E-state index contributed by atoms with van der Waals surface area (Å²) in [5.41, 5.74) is 2.73. The first-order valence-corrected chi connectivity index (χ1v) is 10.9. The molecule has 1 aromatic heterocycles. The van der Waals surface area contributed by atoms with Crippen LogP contribution in [0.4, 0.5) is 11.4 Å². The number of benzene rings is 3. The molecule has 35 heavy (non-hydrogen) atoms. The molecular formula is C28H23N3O4. The molecule has 0 bridgehead atoms. The average Bonchev–Trinajstić information content (AvgIpc) is 2.88. The van der Waals surface area contributed by atoms with Gasteiger partial charge in [-0.3, -0.25) is 14.6 Å². The van der Waals surface area contributed by atoms with Crippen LogP contribution in [-0.4, -0.2) is 29.9 Å². The molecule has 7 heteroatoms. The Morgan fingerprint density at radius 1 is 0.857 bits per heavy atom. The molecule has 7 nitrogen and oxygen atoms in total. The third-order valence-electron chi connectivity index (χ3n) is 5.42. The van der Waals surface area contributed by atoms with Crippen molar-refractivity contribution in [3.8, 4) is 0 Å². The zero-order valence-electron chi connectivity index (χ0n) is 19.2. The molecule has 0 saturated heterocycles. The number of anilines is 2. The third-order valence-corrected chi connectivity index (χ3v) is 5.42. The SMILES string of the molecule is COC(=O)c1ccc(C(=O)Nc2cccnc2)cc1NC(=O)/C=C(/C)c1ccc2ccccc2c1. The molecule has 174 valence electrons. The zero-order chi connectivity index (χ0) is 24.8. The Morgan fingerprint density at radius 3 is 2.37 bits per heavy atom. The first-order chi connectivity index (χ1) is 16.9. The van der Waals surface area contributed by atoms with E-state index in [0.717, 1.165) is 21.9 Å². The number of methoxy groups -OCH3 is 1. The Labute approximate surface area is 202 Å². The van der Waals surface area contributed by atoms with E-state index in [1.54, 1.807) is 18.3 Å². The van der Waals surface area contributed by atoms with Gasteiger partial charge in [0.15, 0.2) is 0 Å². The molecule has 0 saturated carbocycles. The number of aromatic nitrogens is 1. The largest absolute Gasteiger partial charge is 0.465 e. The number of hydrogen-bond acceptors (Lipinski definition) is 5. The van der Waals surface area contributed by atoms with Crippen LogP contribution in [0.2, 0.25) is 0 Å². The van der Waals surface area contributed by atoms with Crippen LogP contribution in [0.5, 0.6) is 0 Å². The number of carbonyl (C=O) groups excluding carboxylic acids is 3. The van der Waals surface area contributed by atoms with Crippen LogP contribution < -0.4 is 10.6 Å². The summed E-state index contributed by atoms with van der Waals surface area (Å²) in [5, 5.41) is 7.62. The van der Waals surface area contributed by atoms with E-state index in [9.17, 15) is 14.4 Å². The fourth-order valence-electron chi connectivity index (χ4n) is 3.60. The van der Waals surface area contributed by atoms with E-state index >= 15 is 0 Å². The van der Waals surface area contributed by atoms with Gasteiger partial charge in [-0.1, -0.05) is 36.4 Å². The molecule has 0 atom stereocenters. The van der Waals surface area contributed by atoms with Crippen LogP contribution in [-0.2, 0) is 9.53 Å². The number of pyridine rings is 1. The predicted octanol–water partition coefficient (Wildman–Crippen LogP) is 5.32. The van der Waals surface area contributed by atoms with Crippen molar-refractivity contribution >= 4 is 45.5 Å². The van der Waals surface area contributed by atoms with Gasteiger partial charge in [0.1, 0.15) is 0 Å². The van der Waals surface area contributed by atoms with Crippen LogP contribution in [0.3, 0.4) is 0 Å². The quantitative estimate of drug-likeness (QED) is 0.297. The first-order valence-electron chi connectivity index (χ1n) is 10.9. The number of allylic oxidation sites excluding steroid dienone is 1. The number of fused-ring (bicyclic) bond motifs is 1. The normalized spacial score (nSPS) is 11.1. The maximum absolute atomic E-state index is 12.8. The van der Waals surface area contributed by atoms with E-state index in [0.29, 0.717) is 5.69 Å². The van der Waals surface area contributed by atoms with Crippen LogP contribution in [0.1, 0.15) is 33.2 Å². The molecular weight excluding hydrogens is 442 g/mol. The van der Waals surface area contributed by atoms with Gasteiger partial charge in [-0.05, 0) is 65.2 Å². The van der Waals surface area contributed by atoms with E-state index in [4.69, 9.17) is 4.74 Å². The third kappa shape index (κ3) is 5.59. The molecule has 0 fully saturated rings. The van der Waals surface area contributed by atoms with Gasteiger partial charge >= 0.3 is 5.97 Å². The van der Waals surface area contributed by atoms with Crippen molar-refractivity contribution in [1.82, 2.24) is 4.98 Å². The van der Waals surface area contributed by atoms with Crippen LogP contribution in [0.25, 0.3) is 16.3 Å². The van der Waals surface area contributed by atoms with Gasteiger partial charge in [0, 0.05) is 17.8 Å². The van der Waals surface area contributed by atoms with Crippen molar-refractivity contribution in [2.75, 3.05) is 17.7 Å². The fourth-order valence-corrected chi connectivity index (χ4v) is 3.60. The van der Waals surface area contributed by atoms with Crippen molar-refractivity contribution in [2.45, 2.75) is 6.92 Å². The molecule has 4 aromatic rings. The lowest BCUT2D eigenvalue weighted by atomic mass is 10.0. The lowest BCUT2D eigenvalue weighted by molar-refractivity contribution is -0.111. The van der Waals surface area contributed by atoms with E-state index in [-0.39, 0.29) is 16.8 Å². The average molecular weight is 466 g/mol. The maximum atomic E-state index is 12.8. The van der Waals surface area contributed by atoms with Crippen LogP contribution in [0, 0.1) is 0 Å². The van der Waals surface area contributed by atoms with Crippen molar-refractivity contribution in [3.05, 3.63) is 108 Å². The van der Waals surface area contributed by atoms with Crippen molar-refractivity contribution in [1.29, 1.82) is 0 Å². The fraction of sp³-hybridized carbons (Fsp3) is 0.0714. The van der Waals surface area contributed by atoms with Gasteiger partial charge in [-0.2, -0.15) is 0 Å². The summed E-state index contributed by atoms with van der Waals surface area (Å²) in [5.74, 6) is -1.48. The number of nitrogens with one attached hydrogen (secondary N) is 2. The summed E-state index contributed by atoms with van der Waals surface area (Å²) < 4.78 is 4.83. The predicted molar refractivity (Wildman–Crippen MR) is 136 cm³/mol. The number of ether oxygens (including phenoxy) is 1. The molecule has 0 unspecified atom stereocenters. The van der Waals surface area contributed by atoms with Crippen LogP contribution >= 0.6 is 0 Å². The van der Waals surface area contributed by atoms with Gasteiger partial charge in [-0.25, -0.2) is 4.79 Å². The molecule has 1 heterocycles. The van der Waals surface area contributed by atoms with E-state index < -0.39 is 17.8 Å². The van der Waals surface area contributed by atoms with Gasteiger partial charge in [0.2, 0.25) is 5.91 Å². The Hall–Kier alpha value is -4.78. The molecule has 0 radical (unpaired) electrons. The zero-order valence-corrected chi connectivity index (χ0v) is 19.2. The van der Waals surface area contributed by atoms with Crippen molar-refractivity contribution < 1.29 is 19.1 Å². The molecule has 2 N–H and O–H groups in total. The lowest BCUT2D eigenvalue weighted by Crippen LogP contribution is -2.16. The Bertz CT molecular complexity index is 1450. The van der Waals surface area contributed by atoms with Gasteiger partial charge in [-0.15, -0.1) is 0 Å². The second-order valence-corrected chi connectivity index (χ2v) is 7.83. The Balaban J connectivity index is 1.58. The number of esters is 1. The minimum absolute atomic E-state index is 0.135. The Kier molecular flexibility index (Phi) is 6.97. The van der Waals surface area contributed by atoms with Gasteiger partial charge < -0.3 is 15.4 Å². The Morgan fingerprint density at radius 2 is 1.63 bits per heavy atom.